The van der Waals surface area contributed by atoms with Crippen molar-refractivity contribution < 1.29 is 0 Å². The number of rotatable bonds is 4. The van der Waals surface area contributed by atoms with Crippen LogP contribution in [0.4, 0.5) is 0 Å². The Morgan fingerprint density at radius 1 is 1.57 bits per heavy atom. The predicted octanol–water partition coefficient (Wildman–Crippen LogP) is 2.77. The van der Waals surface area contributed by atoms with Crippen molar-refractivity contribution in [2.45, 2.75) is 45.2 Å². The summed E-state index contributed by atoms with van der Waals surface area (Å²) in [6.45, 7) is 6.71. The maximum absolute atomic E-state index is 4.38. The zero-order valence-electron chi connectivity index (χ0n) is 9.08. The van der Waals surface area contributed by atoms with Crippen molar-refractivity contribution in [1.82, 2.24) is 10.3 Å². The molecule has 2 nitrogen and oxygen atoms in total. The summed E-state index contributed by atoms with van der Waals surface area (Å²) in [5.74, 6) is 0.897. The summed E-state index contributed by atoms with van der Waals surface area (Å²) in [5.41, 5.74) is 0.0240. The van der Waals surface area contributed by atoms with E-state index in [1.54, 1.807) is 11.3 Å². The number of hydrogen-bond donors (Lipinski definition) is 1. The normalized spacial score (nSPS) is 19.6. The molecule has 1 aliphatic carbocycles. The Morgan fingerprint density at radius 3 is 2.79 bits per heavy atom. The van der Waals surface area contributed by atoms with E-state index in [-0.39, 0.29) is 5.54 Å². The van der Waals surface area contributed by atoms with Crippen LogP contribution >= 0.6 is 11.3 Å². The predicted molar refractivity (Wildman–Crippen MR) is 60.5 cm³/mol. The molecule has 1 aliphatic rings. The number of hydrogen-bond acceptors (Lipinski definition) is 3. The summed E-state index contributed by atoms with van der Waals surface area (Å²) in [4.78, 5) is 4.38. The van der Waals surface area contributed by atoms with Crippen LogP contribution in [0.15, 0.2) is 11.6 Å². The Bertz CT molecular complexity index is 288. The third-order valence-electron chi connectivity index (χ3n) is 2.88. The third-order valence-corrected chi connectivity index (χ3v) is 3.98. The van der Waals surface area contributed by atoms with Gasteiger partial charge >= 0.3 is 0 Å². The van der Waals surface area contributed by atoms with E-state index in [1.165, 1.54) is 17.8 Å². The van der Waals surface area contributed by atoms with Crippen LogP contribution in [-0.2, 0) is 5.54 Å². The monoisotopic (exact) mass is 210 g/mol. The minimum atomic E-state index is 0.0240. The first kappa shape index (κ1) is 10.1. The van der Waals surface area contributed by atoms with Crippen molar-refractivity contribution in [3.8, 4) is 0 Å². The van der Waals surface area contributed by atoms with Gasteiger partial charge in [-0.25, -0.2) is 4.98 Å². The van der Waals surface area contributed by atoms with Gasteiger partial charge in [0.1, 0.15) is 5.01 Å². The lowest BCUT2D eigenvalue weighted by Gasteiger charge is -2.28. The molecule has 0 radical (unpaired) electrons. The molecule has 1 aromatic rings. The maximum atomic E-state index is 4.38. The van der Waals surface area contributed by atoms with Gasteiger partial charge < -0.3 is 5.32 Å². The highest BCUT2D eigenvalue weighted by Crippen LogP contribution is 2.34. The van der Waals surface area contributed by atoms with Gasteiger partial charge in [0, 0.05) is 17.6 Å². The lowest BCUT2D eigenvalue weighted by Crippen LogP contribution is -2.43. The van der Waals surface area contributed by atoms with Gasteiger partial charge in [-0.2, -0.15) is 0 Å². The lowest BCUT2D eigenvalue weighted by atomic mass is 10.0. The first-order chi connectivity index (χ1) is 6.59. The minimum Gasteiger partial charge on any atom is -0.303 e. The van der Waals surface area contributed by atoms with Gasteiger partial charge in [0.25, 0.3) is 0 Å². The van der Waals surface area contributed by atoms with Gasteiger partial charge in [-0.1, -0.05) is 0 Å². The van der Waals surface area contributed by atoms with Gasteiger partial charge in [0.05, 0.1) is 5.54 Å². The molecule has 1 unspecified atom stereocenters. The summed E-state index contributed by atoms with van der Waals surface area (Å²) < 4.78 is 0. The fourth-order valence-electron chi connectivity index (χ4n) is 1.88. The molecule has 0 amide bonds. The molecule has 0 aliphatic heterocycles. The molecule has 0 spiro atoms. The van der Waals surface area contributed by atoms with Gasteiger partial charge in [-0.3, -0.25) is 0 Å². The molecule has 2 rings (SSSR count). The smallest absolute Gasteiger partial charge is 0.112 e. The van der Waals surface area contributed by atoms with Gasteiger partial charge in [0.15, 0.2) is 0 Å². The molecule has 1 N–H and O–H groups in total. The Kier molecular flexibility index (Phi) is 2.62. The van der Waals surface area contributed by atoms with E-state index in [0.717, 1.165) is 5.92 Å². The minimum absolute atomic E-state index is 0.0240. The van der Waals surface area contributed by atoms with Gasteiger partial charge in [-0.05, 0) is 39.5 Å². The molecule has 0 aromatic carbocycles. The average Bonchev–Trinajstić information content (AvgIpc) is 2.80. The molecule has 3 heteroatoms. The molecule has 1 heterocycles. The fraction of sp³-hybridized carbons (Fsp3) is 0.727. The number of nitrogens with zero attached hydrogens (tertiary/aromatic N) is 1. The molecule has 14 heavy (non-hydrogen) atoms. The molecule has 1 fully saturated rings. The lowest BCUT2D eigenvalue weighted by molar-refractivity contribution is 0.331. The fourth-order valence-corrected chi connectivity index (χ4v) is 2.60. The van der Waals surface area contributed by atoms with Gasteiger partial charge in [0.2, 0.25) is 0 Å². The quantitative estimate of drug-likeness (QED) is 0.826. The van der Waals surface area contributed by atoms with Crippen molar-refractivity contribution in [2.75, 3.05) is 0 Å². The van der Waals surface area contributed by atoms with Crippen molar-refractivity contribution >= 4 is 11.3 Å². The van der Waals surface area contributed by atoms with Crippen LogP contribution in [-0.4, -0.2) is 11.0 Å². The Balaban J connectivity index is 2.00. The molecule has 1 atom stereocenters. The first-order valence-electron chi connectivity index (χ1n) is 5.27. The van der Waals surface area contributed by atoms with Gasteiger partial charge in [-0.15, -0.1) is 11.3 Å². The summed E-state index contributed by atoms with van der Waals surface area (Å²) in [6, 6.07) is 0.619. The van der Waals surface area contributed by atoms with Crippen LogP contribution in [0, 0.1) is 5.92 Å². The molecular formula is C11H18N2S. The summed E-state index contributed by atoms with van der Waals surface area (Å²) in [7, 11) is 0. The second-order valence-corrected chi connectivity index (χ2v) is 5.63. The maximum Gasteiger partial charge on any atom is 0.112 e. The van der Waals surface area contributed by atoms with E-state index < -0.39 is 0 Å². The third kappa shape index (κ3) is 2.15. The molecule has 1 saturated carbocycles. The molecule has 78 valence electrons. The largest absolute Gasteiger partial charge is 0.303 e. The highest BCUT2D eigenvalue weighted by molar-refractivity contribution is 7.09. The SMILES string of the molecule is CC(NC(C)(C)c1nccs1)C1CC1. The van der Waals surface area contributed by atoms with Crippen LogP contribution in [0.2, 0.25) is 0 Å². The van der Waals surface area contributed by atoms with Crippen LogP contribution in [0.3, 0.4) is 0 Å². The zero-order valence-corrected chi connectivity index (χ0v) is 9.90. The van der Waals surface area contributed by atoms with Crippen molar-refractivity contribution in [3.63, 3.8) is 0 Å². The van der Waals surface area contributed by atoms with E-state index in [2.05, 4.69) is 31.1 Å². The second kappa shape index (κ2) is 3.63. The zero-order chi connectivity index (χ0) is 10.2. The summed E-state index contributed by atoms with van der Waals surface area (Å²) in [5, 5.41) is 6.90. The topological polar surface area (TPSA) is 24.9 Å². The van der Waals surface area contributed by atoms with Crippen molar-refractivity contribution in [3.05, 3.63) is 16.6 Å². The Hall–Kier alpha value is -0.410. The van der Waals surface area contributed by atoms with Crippen LogP contribution in [0.5, 0.6) is 0 Å². The van der Waals surface area contributed by atoms with E-state index in [9.17, 15) is 0 Å². The number of nitrogens with one attached hydrogen (secondary N) is 1. The van der Waals surface area contributed by atoms with Crippen LogP contribution < -0.4 is 5.32 Å². The highest BCUT2D eigenvalue weighted by Gasteiger charge is 2.33. The molecular weight excluding hydrogens is 192 g/mol. The van der Waals surface area contributed by atoms with E-state index in [4.69, 9.17) is 0 Å². The number of aromatic nitrogens is 1. The number of thiazole rings is 1. The van der Waals surface area contributed by atoms with E-state index in [1.807, 2.05) is 11.6 Å². The first-order valence-corrected chi connectivity index (χ1v) is 6.15. The highest BCUT2D eigenvalue weighted by atomic mass is 32.1. The van der Waals surface area contributed by atoms with E-state index >= 15 is 0 Å². The molecule has 1 aromatic heterocycles. The van der Waals surface area contributed by atoms with Crippen LogP contribution in [0.1, 0.15) is 38.6 Å². The second-order valence-electron chi connectivity index (χ2n) is 4.73. The Morgan fingerprint density at radius 2 is 2.29 bits per heavy atom. The average molecular weight is 210 g/mol. The Labute approximate surface area is 89.8 Å². The summed E-state index contributed by atoms with van der Waals surface area (Å²) in [6.07, 6.45) is 4.66. The van der Waals surface area contributed by atoms with Crippen LogP contribution in [0.25, 0.3) is 0 Å². The van der Waals surface area contributed by atoms with Crippen molar-refractivity contribution in [1.29, 1.82) is 0 Å². The standard InChI is InChI=1S/C11H18N2S/c1-8(9-4-5-9)13-11(2,3)10-12-6-7-14-10/h6-9,13H,4-5H2,1-3H3. The van der Waals surface area contributed by atoms with Crippen molar-refractivity contribution in [2.24, 2.45) is 5.92 Å². The van der Waals surface area contributed by atoms with E-state index in [0.29, 0.717) is 6.04 Å². The summed E-state index contributed by atoms with van der Waals surface area (Å²) >= 11 is 1.73. The molecule has 0 bridgehead atoms. The molecule has 0 saturated heterocycles.